The Morgan fingerprint density at radius 3 is 2.24 bits per heavy atom. The maximum absolute atomic E-state index is 13.4. The molecule has 0 bridgehead atoms. The van der Waals surface area contributed by atoms with Crippen molar-refractivity contribution in [2.24, 2.45) is 5.73 Å². The number of rotatable bonds is 8. The van der Waals surface area contributed by atoms with Crippen LogP contribution in [0.3, 0.4) is 0 Å². The van der Waals surface area contributed by atoms with Crippen LogP contribution >= 0.6 is 0 Å². The topological polar surface area (TPSA) is 204 Å². The predicted molar refractivity (Wildman–Crippen MR) is 187 cm³/mol. The third kappa shape index (κ3) is 10.0. The first-order valence-electron chi connectivity index (χ1n) is 16.5. The zero-order chi connectivity index (χ0) is 39.6. The first-order valence-corrected chi connectivity index (χ1v) is 16.5. The van der Waals surface area contributed by atoms with Crippen LogP contribution in [0.5, 0.6) is 0 Å². The number of primary amides is 1. The average molecular weight is 757 g/mol. The Labute approximate surface area is 307 Å². The smallest absolute Gasteiger partial charge is 0.416 e. The second-order valence-corrected chi connectivity index (χ2v) is 14.1. The van der Waals surface area contributed by atoms with E-state index in [-0.39, 0.29) is 34.6 Å². The number of pyridine rings is 2. The number of nitrogens with two attached hydrogens (primary N) is 1. The summed E-state index contributed by atoms with van der Waals surface area (Å²) in [5.41, 5.74) is 3.83. The van der Waals surface area contributed by atoms with Crippen LogP contribution < -0.4 is 20.9 Å². The molecule has 1 aliphatic heterocycles. The molecule has 4 aromatic rings. The van der Waals surface area contributed by atoms with Crippen LogP contribution in [0.4, 0.5) is 40.1 Å². The van der Waals surface area contributed by atoms with E-state index in [0.717, 1.165) is 18.5 Å². The van der Waals surface area contributed by atoms with Crippen LogP contribution in [0.2, 0.25) is 0 Å². The summed E-state index contributed by atoms with van der Waals surface area (Å²) in [5.74, 6) is -1.68. The summed E-state index contributed by atoms with van der Waals surface area (Å²) in [4.78, 5) is 67.1. The van der Waals surface area contributed by atoms with Gasteiger partial charge in [-0.1, -0.05) is 0 Å². The zero-order valence-electron chi connectivity index (χ0n) is 30.3. The van der Waals surface area contributed by atoms with Crippen molar-refractivity contribution in [1.29, 1.82) is 0 Å². The number of hydrogen-bond donors (Lipinski definition) is 2. The molecular formula is C34H39F3N10O7. The molecule has 0 spiro atoms. The number of carbonyl (C=O) groups excluding carboxylic acids is 4. The summed E-state index contributed by atoms with van der Waals surface area (Å²) in [5, 5.41) is 6.73. The van der Waals surface area contributed by atoms with Gasteiger partial charge in [-0.3, -0.25) is 14.5 Å². The third-order valence-electron chi connectivity index (χ3n) is 7.41. The molecule has 1 aliphatic rings. The lowest BCUT2D eigenvalue weighted by Gasteiger charge is -2.36. The molecule has 54 heavy (non-hydrogen) atoms. The number of oxazole rings is 1. The number of nitrogens with zero attached hydrogens (tertiary/aromatic N) is 8. The van der Waals surface area contributed by atoms with E-state index in [4.69, 9.17) is 19.6 Å². The maximum Gasteiger partial charge on any atom is 0.416 e. The number of hydrogen-bond acceptors (Lipinski definition) is 12. The van der Waals surface area contributed by atoms with Crippen LogP contribution in [-0.2, 0) is 9.47 Å². The molecule has 5 heterocycles. The van der Waals surface area contributed by atoms with Crippen molar-refractivity contribution < 1.29 is 46.2 Å². The summed E-state index contributed by atoms with van der Waals surface area (Å²) in [6, 6.07) is 5.94. The van der Waals surface area contributed by atoms with Gasteiger partial charge < -0.3 is 34.7 Å². The minimum absolute atomic E-state index is 0.0502. The molecule has 4 aromatic heterocycles. The van der Waals surface area contributed by atoms with Gasteiger partial charge in [0.1, 0.15) is 35.6 Å². The van der Waals surface area contributed by atoms with E-state index >= 15 is 0 Å². The lowest BCUT2D eigenvalue weighted by Crippen LogP contribution is -2.50. The standard InChI is InChI=1S/C34H39F3N10O7/c1-32(2,3)53-30(50)45-13-11-44(12-14-45)24-8-7-21(16-40-24)47-17-22(26(43-47)27(38)48)41-28(49)23-18-52-29(42-23)20-9-10-39-25(15-20)46(19-34(35,36)37)31(51)54-33(4,5)6/h7-10,15-18H,11-14,19H2,1-6H3,(H2,38,48)(H,41,49). The highest BCUT2D eigenvalue weighted by Gasteiger charge is 2.37. The Morgan fingerprint density at radius 2 is 1.65 bits per heavy atom. The van der Waals surface area contributed by atoms with Crippen molar-refractivity contribution in [3.8, 4) is 17.1 Å². The number of halogens is 3. The fourth-order valence-electron chi connectivity index (χ4n) is 5.06. The normalized spacial score (nSPS) is 13.7. The SMILES string of the molecule is CC(C)(C)OC(=O)N1CCN(c2ccc(-n3cc(NC(=O)c4coc(-c5ccnc(N(CC(F)(F)F)C(=O)OC(C)(C)C)c5)n4)c(C(N)=O)n3)cn2)CC1. The lowest BCUT2D eigenvalue weighted by atomic mass is 10.2. The van der Waals surface area contributed by atoms with Crippen LogP contribution in [0.15, 0.2) is 53.5 Å². The van der Waals surface area contributed by atoms with Gasteiger partial charge in [0.15, 0.2) is 11.4 Å². The molecule has 0 unspecified atom stereocenters. The van der Waals surface area contributed by atoms with Gasteiger partial charge in [-0.15, -0.1) is 0 Å². The Bertz CT molecular complexity index is 2010. The molecule has 0 radical (unpaired) electrons. The van der Waals surface area contributed by atoms with E-state index in [2.05, 4.69) is 25.4 Å². The van der Waals surface area contributed by atoms with Crippen LogP contribution in [0.25, 0.3) is 17.1 Å². The van der Waals surface area contributed by atoms with Gasteiger partial charge in [-0.05, 0) is 65.8 Å². The fraction of sp³-hybridized carbons (Fsp3) is 0.412. The number of aromatic nitrogens is 5. The second kappa shape index (κ2) is 15.0. The summed E-state index contributed by atoms with van der Waals surface area (Å²) < 4.78 is 57.5. The van der Waals surface area contributed by atoms with E-state index in [1.807, 2.05) is 25.7 Å². The van der Waals surface area contributed by atoms with Crippen molar-refractivity contribution in [2.45, 2.75) is 58.9 Å². The van der Waals surface area contributed by atoms with Crippen molar-refractivity contribution in [3.05, 3.63) is 60.5 Å². The highest BCUT2D eigenvalue weighted by molar-refractivity contribution is 6.07. The number of ether oxygens (including phenoxy) is 2. The number of carbonyl (C=O) groups is 4. The van der Waals surface area contributed by atoms with Gasteiger partial charge in [0, 0.05) is 37.9 Å². The summed E-state index contributed by atoms with van der Waals surface area (Å²) in [6.45, 7) is 10.2. The van der Waals surface area contributed by atoms with Crippen molar-refractivity contribution in [2.75, 3.05) is 47.8 Å². The Balaban J connectivity index is 1.28. The molecule has 1 saturated heterocycles. The van der Waals surface area contributed by atoms with Crippen molar-refractivity contribution in [1.82, 2.24) is 29.6 Å². The number of amides is 4. The van der Waals surface area contributed by atoms with Gasteiger partial charge in [0.2, 0.25) is 5.89 Å². The Kier molecular flexibility index (Phi) is 10.9. The van der Waals surface area contributed by atoms with Gasteiger partial charge in [0.25, 0.3) is 11.8 Å². The van der Waals surface area contributed by atoms with E-state index in [0.29, 0.717) is 42.6 Å². The number of anilines is 3. The molecular weight excluding hydrogens is 717 g/mol. The molecule has 3 N–H and O–H groups in total. The summed E-state index contributed by atoms with van der Waals surface area (Å²) >= 11 is 0. The van der Waals surface area contributed by atoms with Crippen LogP contribution in [0.1, 0.15) is 62.5 Å². The summed E-state index contributed by atoms with van der Waals surface area (Å²) in [6.07, 6.45) is -1.41. The van der Waals surface area contributed by atoms with E-state index in [9.17, 15) is 32.3 Å². The maximum atomic E-state index is 13.4. The highest BCUT2D eigenvalue weighted by atomic mass is 19.4. The Hall–Kier alpha value is -6.21. The molecule has 0 saturated carbocycles. The molecule has 0 aliphatic carbocycles. The van der Waals surface area contributed by atoms with Crippen molar-refractivity contribution >= 4 is 41.3 Å². The number of alkyl halides is 3. The first kappa shape index (κ1) is 39.0. The average Bonchev–Trinajstić information content (AvgIpc) is 3.74. The van der Waals surface area contributed by atoms with E-state index in [1.54, 1.807) is 17.0 Å². The molecule has 0 aromatic carbocycles. The van der Waals surface area contributed by atoms with Gasteiger partial charge in [-0.2, -0.15) is 18.3 Å². The minimum Gasteiger partial charge on any atom is -0.444 e. The fourth-order valence-corrected chi connectivity index (χ4v) is 5.06. The van der Waals surface area contributed by atoms with Crippen molar-refractivity contribution in [3.63, 3.8) is 0 Å². The molecule has 288 valence electrons. The lowest BCUT2D eigenvalue weighted by molar-refractivity contribution is -0.119. The van der Waals surface area contributed by atoms with Gasteiger partial charge >= 0.3 is 18.4 Å². The highest BCUT2D eigenvalue weighted by Crippen LogP contribution is 2.28. The molecule has 0 atom stereocenters. The third-order valence-corrected chi connectivity index (χ3v) is 7.41. The quantitative estimate of drug-likeness (QED) is 0.243. The largest absolute Gasteiger partial charge is 0.444 e. The minimum atomic E-state index is -4.78. The molecule has 20 heteroatoms. The first-order chi connectivity index (χ1) is 25.2. The summed E-state index contributed by atoms with van der Waals surface area (Å²) in [7, 11) is 0. The molecule has 5 rings (SSSR count). The second-order valence-electron chi connectivity index (χ2n) is 14.1. The van der Waals surface area contributed by atoms with Gasteiger partial charge in [0.05, 0.1) is 23.8 Å². The van der Waals surface area contributed by atoms with Gasteiger partial charge in [-0.25, -0.2) is 29.2 Å². The number of piperazine rings is 1. The molecule has 17 nitrogen and oxygen atoms in total. The predicted octanol–water partition coefficient (Wildman–Crippen LogP) is 5.03. The monoisotopic (exact) mass is 756 g/mol. The number of nitrogens with one attached hydrogen (secondary N) is 1. The van der Waals surface area contributed by atoms with Crippen LogP contribution in [-0.4, -0.2) is 104 Å². The zero-order valence-corrected chi connectivity index (χ0v) is 30.3. The molecule has 1 fully saturated rings. The Morgan fingerprint density at radius 1 is 0.963 bits per heavy atom. The van der Waals surface area contributed by atoms with E-state index in [1.165, 1.54) is 43.9 Å². The van der Waals surface area contributed by atoms with E-state index < -0.39 is 47.6 Å². The van der Waals surface area contributed by atoms with Crippen LogP contribution in [0, 0.1) is 0 Å². The molecule has 4 amide bonds.